The van der Waals surface area contributed by atoms with Crippen molar-refractivity contribution < 1.29 is 34.1 Å². The summed E-state index contributed by atoms with van der Waals surface area (Å²) in [5.74, 6) is -3.73. The molecule has 2 aromatic rings. The van der Waals surface area contributed by atoms with E-state index >= 15 is 0 Å². The van der Waals surface area contributed by atoms with E-state index in [4.69, 9.17) is 36.1 Å². The highest BCUT2D eigenvalue weighted by Crippen LogP contribution is 2.21. The van der Waals surface area contributed by atoms with E-state index in [0.29, 0.717) is 19.5 Å². The summed E-state index contributed by atoms with van der Waals surface area (Å²) < 4.78 is 5.43. The number of carboxylic acid groups (broad SMARTS) is 2. The summed E-state index contributed by atoms with van der Waals surface area (Å²) in [6.45, 7) is 6.24. The lowest BCUT2D eigenvalue weighted by atomic mass is 10.2. The molecule has 2 heterocycles. The van der Waals surface area contributed by atoms with Gasteiger partial charge in [-0.1, -0.05) is 48.0 Å². The zero-order valence-corrected chi connectivity index (χ0v) is 23.0. The van der Waals surface area contributed by atoms with Gasteiger partial charge in [0.2, 0.25) is 5.91 Å². The number of likely N-dealkylation sites (tertiary alicyclic amines) is 1. The number of carboxylic acids is 2. The second-order valence-electron chi connectivity index (χ2n) is 9.46. The Bertz CT molecular complexity index is 1130. The SMILES string of the molecule is O=C(NCCCN1CCN(c2cccc(Cl)c2)CC1)[C@@H]1CCCN1C(=O)OCc1ccccc1.O=C(O)C(=O)O. The molecule has 3 N–H and O–H groups in total. The molecule has 2 fully saturated rings. The van der Waals surface area contributed by atoms with Gasteiger partial charge in [-0.25, -0.2) is 14.4 Å². The predicted molar refractivity (Wildman–Crippen MR) is 149 cm³/mol. The van der Waals surface area contributed by atoms with Gasteiger partial charge in [-0.05, 0) is 49.6 Å². The normalized spacial score (nSPS) is 17.0. The smallest absolute Gasteiger partial charge is 0.414 e. The van der Waals surface area contributed by atoms with Gasteiger partial charge in [0, 0.05) is 50.0 Å². The standard InChI is InChI=1S/C26H33ClN4O3.C2H2O4/c27-22-9-4-10-23(19-22)30-17-15-29(16-18-30)13-6-12-28-25(32)24-11-5-14-31(24)26(33)34-20-21-7-2-1-3-8-21;3-1(4)2(5)6/h1-4,7-10,19,24H,5-6,11-18,20H2,(H,28,32);(H,3,4)(H,5,6)/t24-;/m0./s1. The monoisotopic (exact) mass is 574 g/mol. The van der Waals surface area contributed by atoms with Crippen LogP contribution in [0.3, 0.4) is 0 Å². The number of nitrogens with one attached hydrogen (secondary N) is 1. The van der Waals surface area contributed by atoms with Crippen molar-refractivity contribution >= 4 is 41.2 Å². The summed E-state index contributed by atoms with van der Waals surface area (Å²) in [5.41, 5.74) is 2.10. The first kappa shape index (κ1) is 30.7. The Kier molecular flexibility index (Phi) is 12.0. The number of ether oxygens (including phenoxy) is 1. The van der Waals surface area contributed by atoms with E-state index in [1.165, 1.54) is 5.69 Å². The van der Waals surface area contributed by atoms with Gasteiger partial charge in [-0.3, -0.25) is 14.6 Å². The predicted octanol–water partition coefficient (Wildman–Crippen LogP) is 2.93. The van der Waals surface area contributed by atoms with Gasteiger partial charge in [0.1, 0.15) is 12.6 Å². The van der Waals surface area contributed by atoms with Crippen LogP contribution in [0.2, 0.25) is 5.02 Å². The van der Waals surface area contributed by atoms with E-state index in [2.05, 4.69) is 21.2 Å². The van der Waals surface area contributed by atoms with E-state index < -0.39 is 24.1 Å². The highest BCUT2D eigenvalue weighted by Gasteiger charge is 2.35. The number of anilines is 1. The van der Waals surface area contributed by atoms with E-state index in [9.17, 15) is 9.59 Å². The molecule has 216 valence electrons. The molecule has 0 bridgehead atoms. The van der Waals surface area contributed by atoms with Crippen molar-refractivity contribution in [1.29, 1.82) is 0 Å². The molecule has 2 aliphatic heterocycles. The van der Waals surface area contributed by atoms with Crippen molar-refractivity contribution in [1.82, 2.24) is 15.1 Å². The third kappa shape index (κ3) is 9.73. The summed E-state index contributed by atoms with van der Waals surface area (Å²) in [4.78, 5) is 49.8. The largest absolute Gasteiger partial charge is 0.473 e. The summed E-state index contributed by atoms with van der Waals surface area (Å²) in [6.07, 6.45) is 1.96. The molecule has 11 nitrogen and oxygen atoms in total. The Morgan fingerprint density at radius 1 is 0.925 bits per heavy atom. The van der Waals surface area contributed by atoms with Crippen LogP contribution >= 0.6 is 11.6 Å². The summed E-state index contributed by atoms with van der Waals surface area (Å²) in [7, 11) is 0. The molecule has 0 aliphatic carbocycles. The maximum Gasteiger partial charge on any atom is 0.414 e. The van der Waals surface area contributed by atoms with Gasteiger partial charge in [0.25, 0.3) is 0 Å². The molecule has 0 unspecified atom stereocenters. The molecule has 4 rings (SSSR count). The van der Waals surface area contributed by atoms with Crippen LogP contribution in [0.1, 0.15) is 24.8 Å². The molecule has 40 heavy (non-hydrogen) atoms. The van der Waals surface area contributed by atoms with Crippen LogP contribution in [0, 0.1) is 0 Å². The molecule has 0 aromatic heterocycles. The first-order chi connectivity index (χ1) is 19.2. The molecule has 0 spiro atoms. The molecule has 12 heteroatoms. The third-order valence-corrected chi connectivity index (χ3v) is 6.91. The second-order valence-corrected chi connectivity index (χ2v) is 9.89. The van der Waals surface area contributed by atoms with Crippen molar-refractivity contribution in [2.75, 3.05) is 50.7 Å². The summed E-state index contributed by atoms with van der Waals surface area (Å²) >= 11 is 6.12. The number of aliphatic carboxylic acids is 2. The van der Waals surface area contributed by atoms with E-state index in [1.807, 2.05) is 48.5 Å². The molecule has 0 saturated carbocycles. The Morgan fingerprint density at radius 3 is 2.27 bits per heavy atom. The molecule has 2 saturated heterocycles. The average Bonchev–Trinajstić information content (AvgIpc) is 3.46. The molecular formula is C28H35ClN4O7. The number of halogens is 1. The zero-order valence-electron chi connectivity index (χ0n) is 22.2. The van der Waals surface area contributed by atoms with E-state index in [0.717, 1.165) is 56.2 Å². The first-order valence-electron chi connectivity index (χ1n) is 13.2. The average molecular weight is 575 g/mol. The Balaban J connectivity index is 0.000000663. The fraction of sp³-hybridized carbons (Fsp3) is 0.429. The zero-order chi connectivity index (χ0) is 28.9. The fourth-order valence-corrected chi connectivity index (χ4v) is 4.78. The van der Waals surface area contributed by atoms with Gasteiger partial charge < -0.3 is 25.2 Å². The van der Waals surface area contributed by atoms with E-state index in [-0.39, 0.29) is 12.5 Å². The van der Waals surface area contributed by atoms with Crippen LogP contribution in [0.4, 0.5) is 10.5 Å². The van der Waals surface area contributed by atoms with Crippen molar-refractivity contribution in [3.8, 4) is 0 Å². The minimum absolute atomic E-state index is 0.0834. The van der Waals surface area contributed by atoms with Gasteiger partial charge in [0.05, 0.1) is 0 Å². The second kappa shape index (κ2) is 15.7. The molecule has 2 aliphatic rings. The number of hydrogen-bond donors (Lipinski definition) is 3. The lowest BCUT2D eigenvalue weighted by molar-refractivity contribution is -0.159. The summed E-state index contributed by atoms with van der Waals surface area (Å²) in [5, 5.41) is 18.6. The maximum atomic E-state index is 12.7. The fourth-order valence-electron chi connectivity index (χ4n) is 4.59. The Morgan fingerprint density at radius 2 is 1.62 bits per heavy atom. The topological polar surface area (TPSA) is 140 Å². The molecule has 0 radical (unpaired) electrons. The highest BCUT2D eigenvalue weighted by molar-refractivity contribution is 6.30. The number of carbonyl (C=O) groups is 4. The van der Waals surface area contributed by atoms with Crippen LogP contribution in [-0.4, -0.2) is 95.8 Å². The number of amides is 2. The van der Waals surface area contributed by atoms with Crippen LogP contribution in [0.15, 0.2) is 54.6 Å². The van der Waals surface area contributed by atoms with Gasteiger partial charge in [0.15, 0.2) is 0 Å². The van der Waals surface area contributed by atoms with Crippen molar-refractivity contribution in [2.24, 2.45) is 0 Å². The van der Waals surface area contributed by atoms with Crippen molar-refractivity contribution in [3.63, 3.8) is 0 Å². The molecule has 2 aromatic carbocycles. The van der Waals surface area contributed by atoms with Crippen molar-refractivity contribution in [3.05, 3.63) is 65.2 Å². The third-order valence-electron chi connectivity index (χ3n) is 6.67. The van der Waals surface area contributed by atoms with Crippen LogP contribution in [0.5, 0.6) is 0 Å². The lowest BCUT2D eigenvalue weighted by Gasteiger charge is -2.36. The number of piperazine rings is 1. The number of benzene rings is 2. The molecule has 2 amide bonds. The molecular weight excluding hydrogens is 540 g/mol. The number of rotatable bonds is 8. The number of hydrogen-bond acceptors (Lipinski definition) is 7. The Labute approximate surface area is 238 Å². The highest BCUT2D eigenvalue weighted by atomic mass is 35.5. The molecule has 1 atom stereocenters. The van der Waals surface area contributed by atoms with Crippen molar-refractivity contribution in [2.45, 2.75) is 31.9 Å². The summed E-state index contributed by atoms with van der Waals surface area (Å²) in [6, 6.07) is 17.1. The van der Waals surface area contributed by atoms with Gasteiger partial charge in [-0.15, -0.1) is 0 Å². The van der Waals surface area contributed by atoms with Crippen LogP contribution in [-0.2, 0) is 25.7 Å². The minimum Gasteiger partial charge on any atom is -0.473 e. The van der Waals surface area contributed by atoms with Crippen LogP contribution < -0.4 is 10.2 Å². The Hall–Kier alpha value is -3.83. The van der Waals surface area contributed by atoms with E-state index in [1.54, 1.807) is 4.90 Å². The number of carbonyl (C=O) groups excluding carboxylic acids is 2. The minimum atomic E-state index is -1.82. The maximum absolute atomic E-state index is 12.7. The van der Waals surface area contributed by atoms with Crippen LogP contribution in [0.25, 0.3) is 0 Å². The lowest BCUT2D eigenvalue weighted by Crippen LogP contribution is -2.48. The number of nitrogens with zero attached hydrogens (tertiary/aromatic N) is 3. The first-order valence-corrected chi connectivity index (χ1v) is 13.6. The van der Waals surface area contributed by atoms with Gasteiger partial charge >= 0.3 is 18.0 Å². The quantitative estimate of drug-likeness (QED) is 0.321. The van der Waals surface area contributed by atoms with Gasteiger partial charge in [-0.2, -0.15) is 0 Å².